The molecule has 0 aromatic carbocycles. The van der Waals surface area contributed by atoms with Crippen molar-refractivity contribution in [2.24, 2.45) is 70.5 Å². The molecule has 1 aliphatic heterocycles. The SMILES string of the molecule is CC(O)C1C(=O)C2(C)C(CC1C)CC1CC3C(C4CCOCC4)CCC(C)C3C(=O)C1C2C. The number of carbonyl (C=O) groups excluding carboxylic acids is 2. The Kier molecular flexibility index (Phi) is 6.34. The minimum Gasteiger partial charge on any atom is -0.393 e. The van der Waals surface area contributed by atoms with Gasteiger partial charge >= 0.3 is 0 Å². The Labute approximate surface area is 200 Å². The summed E-state index contributed by atoms with van der Waals surface area (Å²) in [5.41, 5.74) is -0.476. The number of Topliss-reactive ketones (excluding diaryl/α,β-unsaturated/α-hetero) is 2. The summed E-state index contributed by atoms with van der Waals surface area (Å²) in [5.74, 6) is 4.11. The van der Waals surface area contributed by atoms with E-state index in [9.17, 15) is 14.7 Å². The van der Waals surface area contributed by atoms with Crippen LogP contribution in [0.25, 0.3) is 0 Å². The number of carbonyl (C=O) groups is 2. The van der Waals surface area contributed by atoms with E-state index in [1.807, 2.05) is 0 Å². The summed E-state index contributed by atoms with van der Waals surface area (Å²) in [4.78, 5) is 28.1. The second kappa shape index (κ2) is 8.73. The fourth-order valence-corrected chi connectivity index (χ4v) is 9.96. The number of fused-ring (bicyclic) bond motifs is 3. The zero-order chi connectivity index (χ0) is 23.7. The van der Waals surface area contributed by atoms with Crippen LogP contribution in [-0.4, -0.2) is 36.0 Å². The Hall–Kier alpha value is -0.740. The molecule has 1 N–H and O–H groups in total. The van der Waals surface area contributed by atoms with Gasteiger partial charge in [-0.2, -0.15) is 0 Å². The topological polar surface area (TPSA) is 63.6 Å². The van der Waals surface area contributed by atoms with Crippen LogP contribution in [0.5, 0.6) is 0 Å². The van der Waals surface area contributed by atoms with Crippen molar-refractivity contribution in [2.45, 2.75) is 85.7 Å². The van der Waals surface area contributed by atoms with Crippen LogP contribution in [0.3, 0.4) is 0 Å². The van der Waals surface area contributed by atoms with E-state index in [-0.39, 0.29) is 35.4 Å². The maximum atomic E-state index is 14.3. The van der Waals surface area contributed by atoms with E-state index in [0.29, 0.717) is 35.4 Å². The number of aliphatic hydroxyl groups is 1. The molecule has 0 spiro atoms. The van der Waals surface area contributed by atoms with Crippen LogP contribution in [0.4, 0.5) is 0 Å². The lowest BCUT2D eigenvalue weighted by Gasteiger charge is -2.61. The molecule has 4 aliphatic carbocycles. The third-order valence-corrected chi connectivity index (χ3v) is 11.7. The molecule has 12 atom stereocenters. The van der Waals surface area contributed by atoms with Gasteiger partial charge in [0.2, 0.25) is 0 Å². The first-order valence-corrected chi connectivity index (χ1v) is 14.0. The number of rotatable bonds is 2. The van der Waals surface area contributed by atoms with E-state index in [1.54, 1.807) is 6.92 Å². The third-order valence-electron chi connectivity index (χ3n) is 11.7. The molecule has 1 heterocycles. The first-order valence-electron chi connectivity index (χ1n) is 14.0. The van der Waals surface area contributed by atoms with Crippen LogP contribution in [0.2, 0.25) is 0 Å². The summed E-state index contributed by atoms with van der Waals surface area (Å²) in [7, 11) is 0. The van der Waals surface area contributed by atoms with Crippen LogP contribution in [-0.2, 0) is 14.3 Å². The molecule has 0 amide bonds. The molecular formula is C29H46O4. The van der Waals surface area contributed by atoms with E-state index < -0.39 is 11.5 Å². The Bertz CT molecular complexity index is 770. The van der Waals surface area contributed by atoms with Crippen molar-refractivity contribution in [3.63, 3.8) is 0 Å². The summed E-state index contributed by atoms with van der Waals surface area (Å²) in [6.07, 6.45) is 7.38. The van der Waals surface area contributed by atoms with Gasteiger partial charge in [0, 0.05) is 36.4 Å². The van der Waals surface area contributed by atoms with Gasteiger partial charge in [-0.1, -0.05) is 27.7 Å². The van der Waals surface area contributed by atoms with E-state index in [0.717, 1.165) is 44.8 Å². The molecule has 0 bridgehead atoms. The number of ether oxygens (including phenoxy) is 1. The van der Waals surface area contributed by atoms with E-state index in [2.05, 4.69) is 27.7 Å². The molecule has 1 saturated heterocycles. The second-order valence-corrected chi connectivity index (χ2v) is 13.1. The fraction of sp³-hybridized carbons (Fsp3) is 0.931. The van der Waals surface area contributed by atoms with Gasteiger partial charge in [0.25, 0.3) is 0 Å². The molecule has 5 fully saturated rings. The van der Waals surface area contributed by atoms with Gasteiger partial charge in [0.1, 0.15) is 11.6 Å². The highest BCUT2D eigenvalue weighted by atomic mass is 16.5. The molecule has 5 rings (SSSR count). The Balaban J connectivity index is 1.45. The first kappa shape index (κ1) is 24.0. The van der Waals surface area contributed by atoms with Gasteiger partial charge in [-0.15, -0.1) is 0 Å². The van der Waals surface area contributed by atoms with E-state index >= 15 is 0 Å². The average molecular weight is 459 g/mol. The largest absolute Gasteiger partial charge is 0.393 e. The molecule has 4 heteroatoms. The van der Waals surface area contributed by atoms with Crippen molar-refractivity contribution < 1.29 is 19.4 Å². The van der Waals surface area contributed by atoms with Gasteiger partial charge < -0.3 is 9.84 Å². The third kappa shape index (κ3) is 3.60. The van der Waals surface area contributed by atoms with Gasteiger partial charge in [0.05, 0.1) is 6.10 Å². The molecule has 12 unspecified atom stereocenters. The lowest BCUT2D eigenvalue weighted by molar-refractivity contribution is -0.175. The van der Waals surface area contributed by atoms with Crippen molar-refractivity contribution >= 4 is 11.6 Å². The predicted molar refractivity (Wildman–Crippen MR) is 128 cm³/mol. The highest BCUT2D eigenvalue weighted by Crippen LogP contribution is 2.63. The monoisotopic (exact) mass is 458 g/mol. The standard InChI is InChI=1S/C29H46O4/c1-15-6-7-22(19-8-10-33-11-9-19)23-14-20-13-21-12-16(2)24(18(4)30)28(32)29(21,5)17(3)26(20)27(31)25(15)23/h15-26,30H,6-14H2,1-5H3. The molecule has 0 aromatic heterocycles. The van der Waals surface area contributed by atoms with E-state index in [1.165, 1.54) is 19.3 Å². The minimum atomic E-state index is -0.611. The summed E-state index contributed by atoms with van der Waals surface area (Å²) in [6.45, 7) is 12.4. The van der Waals surface area contributed by atoms with Crippen molar-refractivity contribution in [1.29, 1.82) is 0 Å². The average Bonchev–Trinajstić information content (AvgIpc) is 2.76. The maximum Gasteiger partial charge on any atom is 0.145 e. The lowest BCUT2D eigenvalue weighted by atomic mass is 9.42. The van der Waals surface area contributed by atoms with Crippen molar-refractivity contribution in [1.82, 2.24) is 0 Å². The Morgan fingerprint density at radius 3 is 2.24 bits per heavy atom. The number of aliphatic hydroxyl groups excluding tert-OH is 1. The molecular weight excluding hydrogens is 412 g/mol. The summed E-state index contributed by atoms with van der Waals surface area (Å²) < 4.78 is 5.67. The molecule has 0 radical (unpaired) electrons. The molecule has 186 valence electrons. The van der Waals surface area contributed by atoms with E-state index in [4.69, 9.17) is 4.74 Å². The molecule has 4 nitrogen and oxygen atoms in total. The first-order chi connectivity index (χ1) is 15.7. The quantitative estimate of drug-likeness (QED) is 0.620. The van der Waals surface area contributed by atoms with Gasteiger partial charge in [0.15, 0.2) is 0 Å². The van der Waals surface area contributed by atoms with Crippen LogP contribution in [0.15, 0.2) is 0 Å². The van der Waals surface area contributed by atoms with Crippen molar-refractivity contribution in [3.8, 4) is 0 Å². The smallest absolute Gasteiger partial charge is 0.145 e. The summed E-state index contributed by atoms with van der Waals surface area (Å²) in [6, 6.07) is 0. The Morgan fingerprint density at radius 2 is 1.58 bits per heavy atom. The second-order valence-electron chi connectivity index (χ2n) is 13.1. The molecule has 33 heavy (non-hydrogen) atoms. The molecule has 4 saturated carbocycles. The highest BCUT2D eigenvalue weighted by Gasteiger charge is 2.63. The van der Waals surface area contributed by atoms with Crippen LogP contribution >= 0.6 is 0 Å². The van der Waals surface area contributed by atoms with Crippen molar-refractivity contribution in [2.75, 3.05) is 13.2 Å². The zero-order valence-electron chi connectivity index (χ0n) is 21.5. The van der Waals surface area contributed by atoms with Crippen LogP contribution in [0.1, 0.15) is 79.6 Å². The number of ketones is 2. The predicted octanol–water partition coefficient (Wildman–Crippen LogP) is 5.16. The minimum absolute atomic E-state index is 0.0235. The maximum absolute atomic E-state index is 14.3. The molecule has 5 aliphatic rings. The Morgan fingerprint density at radius 1 is 0.879 bits per heavy atom. The normalized spacial score (nSPS) is 51.9. The fourth-order valence-electron chi connectivity index (χ4n) is 9.96. The van der Waals surface area contributed by atoms with Crippen LogP contribution < -0.4 is 0 Å². The van der Waals surface area contributed by atoms with Crippen molar-refractivity contribution in [3.05, 3.63) is 0 Å². The lowest BCUT2D eigenvalue weighted by Crippen LogP contribution is -2.62. The van der Waals surface area contributed by atoms with Gasteiger partial charge in [-0.05, 0) is 99.2 Å². The summed E-state index contributed by atoms with van der Waals surface area (Å²) >= 11 is 0. The molecule has 0 aromatic rings. The highest BCUT2D eigenvalue weighted by molar-refractivity contribution is 5.92. The van der Waals surface area contributed by atoms with Gasteiger partial charge in [-0.25, -0.2) is 0 Å². The number of hydrogen-bond acceptors (Lipinski definition) is 4. The summed E-state index contributed by atoms with van der Waals surface area (Å²) in [5, 5.41) is 10.4. The van der Waals surface area contributed by atoms with Crippen LogP contribution in [0, 0.1) is 70.5 Å². The van der Waals surface area contributed by atoms with Gasteiger partial charge in [-0.3, -0.25) is 9.59 Å². The zero-order valence-corrected chi connectivity index (χ0v) is 21.5. The number of hydrogen-bond donors (Lipinski definition) is 1.